The van der Waals surface area contributed by atoms with Crippen LogP contribution in [0.4, 0.5) is 0 Å². The van der Waals surface area contributed by atoms with Crippen LogP contribution in [0.2, 0.25) is 0 Å². The van der Waals surface area contributed by atoms with Gasteiger partial charge in [0.25, 0.3) is 0 Å². The van der Waals surface area contributed by atoms with E-state index in [-0.39, 0.29) is 29.4 Å². The van der Waals surface area contributed by atoms with Crippen molar-refractivity contribution in [3.05, 3.63) is 51.9 Å². The third-order valence-electron chi connectivity index (χ3n) is 5.82. The largest absolute Gasteiger partial charge is 0.507 e. The minimum atomic E-state index is -0.598. The quantitative estimate of drug-likeness (QED) is 0.152. The van der Waals surface area contributed by atoms with E-state index in [0.717, 1.165) is 25.7 Å². The predicted octanol–water partition coefficient (Wildman–Crippen LogP) is 8.09. The summed E-state index contributed by atoms with van der Waals surface area (Å²) in [6.45, 7) is 9.15. The lowest BCUT2D eigenvalue weighted by molar-refractivity contribution is 0.269. The van der Waals surface area contributed by atoms with Crippen LogP contribution in [-0.2, 0) is 0 Å². The molecule has 0 aliphatic rings. The molecule has 0 spiro atoms. The summed E-state index contributed by atoms with van der Waals surface area (Å²) in [4.78, 5) is 12.7. The number of ether oxygens (including phenoxy) is 2. The van der Waals surface area contributed by atoms with Gasteiger partial charge in [0.15, 0.2) is 5.75 Å². The van der Waals surface area contributed by atoms with Gasteiger partial charge in [-0.15, -0.1) is 0 Å². The van der Waals surface area contributed by atoms with Crippen molar-refractivity contribution < 1.29 is 19.0 Å². The molecule has 0 aliphatic carbocycles. The third kappa shape index (κ3) is 9.28. The second-order valence-electron chi connectivity index (χ2n) is 9.20. The zero-order chi connectivity index (χ0) is 24.8. The topological polar surface area (TPSA) is 68.9 Å². The molecule has 0 bridgehead atoms. The first-order chi connectivity index (χ1) is 16.4. The standard InChI is InChI=1S/C29H42O5/c1-5-6-7-8-9-10-11-12-20-32-27-26-24(30)17-14-18-25(26)34-29(31)28(27)33-21-19-23(4)16-13-15-22(2)3/h14-15,17-19,30H,5-13,16,20-21H2,1-4H3. The Morgan fingerprint density at radius 1 is 0.941 bits per heavy atom. The number of fused-ring (bicyclic) bond motifs is 1. The van der Waals surface area contributed by atoms with Crippen LogP contribution in [0.3, 0.4) is 0 Å². The van der Waals surface area contributed by atoms with Gasteiger partial charge in [-0.3, -0.25) is 0 Å². The highest BCUT2D eigenvalue weighted by Gasteiger charge is 2.20. The van der Waals surface area contributed by atoms with Crippen molar-refractivity contribution in [1.29, 1.82) is 0 Å². The molecule has 1 heterocycles. The minimum Gasteiger partial charge on any atom is -0.507 e. The van der Waals surface area contributed by atoms with Gasteiger partial charge in [-0.05, 0) is 58.2 Å². The number of phenols is 1. The molecule has 5 nitrogen and oxygen atoms in total. The monoisotopic (exact) mass is 470 g/mol. The zero-order valence-corrected chi connectivity index (χ0v) is 21.5. The van der Waals surface area contributed by atoms with E-state index >= 15 is 0 Å². The Bertz CT molecular complexity index is 995. The molecule has 0 saturated carbocycles. The number of phenolic OH excluding ortho intramolecular Hbond substituents is 1. The minimum absolute atomic E-state index is 0.00506. The number of benzene rings is 1. The maximum atomic E-state index is 12.7. The molecule has 1 aromatic carbocycles. The Hall–Kier alpha value is -2.69. The van der Waals surface area contributed by atoms with Crippen LogP contribution in [0, 0.1) is 0 Å². The highest BCUT2D eigenvalue weighted by molar-refractivity contribution is 5.91. The molecule has 34 heavy (non-hydrogen) atoms. The molecule has 2 aromatic rings. The fourth-order valence-corrected chi connectivity index (χ4v) is 3.82. The van der Waals surface area contributed by atoms with Gasteiger partial charge in [0.1, 0.15) is 23.3 Å². The van der Waals surface area contributed by atoms with E-state index < -0.39 is 5.63 Å². The Kier molecular flexibility index (Phi) is 12.4. The summed E-state index contributed by atoms with van der Waals surface area (Å²) < 4.78 is 17.3. The summed E-state index contributed by atoms with van der Waals surface area (Å²) in [5.74, 6) is 0.287. The van der Waals surface area contributed by atoms with Gasteiger partial charge in [-0.1, -0.05) is 75.2 Å². The smallest absolute Gasteiger partial charge is 0.383 e. The molecule has 0 radical (unpaired) electrons. The van der Waals surface area contributed by atoms with E-state index in [9.17, 15) is 9.90 Å². The molecule has 0 aliphatic heterocycles. The highest BCUT2D eigenvalue weighted by Crippen LogP contribution is 2.38. The van der Waals surface area contributed by atoms with Crippen molar-refractivity contribution >= 4 is 11.0 Å². The number of hydrogen-bond donors (Lipinski definition) is 1. The van der Waals surface area contributed by atoms with E-state index in [1.807, 2.05) is 6.08 Å². The zero-order valence-electron chi connectivity index (χ0n) is 21.5. The average molecular weight is 471 g/mol. The molecule has 1 N–H and O–H groups in total. The van der Waals surface area contributed by atoms with Crippen LogP contribution in [0.15, 0.2) is 50.7 Å². The van der Waals surface area contributed by atoms with Crippen molar-refractivity contribution in [3.8, 4) is 17.2 Å². The summed E-state index contributed by atoms with van der Waals surface area (Å²) in [5, 5.41) is 10.8. The molecule has 188 valence electrons. The van der Waals surface area contributed by atoms with Crippen LogP contribution in [0.25, 0.3) is 11.0 Å². The Morgan fingerprint density at radius 2 is 1.65 bits per heavy atom. The van der Waals surface area contributed by atoms with Crippen molar-refractivity contribution in [3.63, 3.8) is 0 Å². The molecule has 1 aromatic heterocycles. The van der Waals surface area contributed by atoms with E-state index in [0.29, 0.717) is 12.0 Å². The van der Waals surface area contributed by atoms with E-state index in [4.69, 9.17) is 13.9 Å². The Morgan fingerprint density at radius 3 is 2.35 bits per heavy atom. The number of rotatable bonds is 16. The van der Waals surface area contributed by atoms with Crippen LogP contribution in [0.1, 0.15) is 91.9 Å². The normalized spacial score (nSPS) is 11.6. The molecular weight excluding hydrogens is 428 g/mol. The fraction of sp³-hybridized carbons (Fsp3) is 0.552. The summed E-state index contributed by atoms with van der Waals surface area (Å²) >= 11 is 0. The number of hydrogen-bond acceptors (Lipinski definition) is 5. The lowest BCUT2D eigenvalue weighted by Gasteiger charge is -2.14. The second-order valence-corrected chi connectivity index (χ2v) is 9.20. The van der Waals surface area contributed by atoms with Gasteiger partial charge in [0, 0.05) is 0 Å². The first-order valence-electron chi connectivity index (χ1n) is 12.8. The first-order valence-corrected chi connectivity index (χ1v) is 12.8. The first kappa shape index (κ1) is 27.6. The van der Waals surface area contributed by atoms with Gasteiger partial charge in [-0.25, -0.2) is 4.79 Å². The SMILES string of the molecule is CCCCCCCCCCOc1c(OCC=C(C)CCC=C(C)C)c(=O)oc2cccc(O)c12. The van der Waals surface area contributed by atoms with Gasteiger partial charge < -0.3 is 19.0 Å². The van der Waals surface area contributed by atoms with Gasteiger partial charge >= 0.3 is 5.63 Å². The Balaban J connectivity index is 2.05. The maximum absolute atomic E-state index is 12.7. The average Bonchev–Trinajstić information content (AvgIpc) is 2.79. The summed E-state index contributed by atoms with van der Waals surface area (Å²) in [5.41, 5.74) is 2.18. The van der Waals surface area contributed by atoms with Gasteiger partial charge in [-0.2, -0.15) is 0 Å². The van der Waals surface area contributed by atoms with Gasteiger partial charge in [0.2, 0.25) is 5.75 Å². The third-order valence-corrected chi connectivity index (χ3v) is 5.82. The van der Waals surface area contributed by atoms with Crippen LogP contribution in [-0.4, -0.2) is 18.3 Å². The fourth-order valence-electron chi connectivity index (χ4n) is 3.82. The molecule has 0 atom stereocenters. The summed E-state index contributed by atoms with van der Waals surface area (Å²) in [6, 6.07) is 4.85. The van der Waals surface area contributed by atoms with E-state index in [2.05, 4.69) is 33.8 Å². The molecular formula is C29H42O5. The number of unbranched alkanes of at least 4 members (excludes halogenated alkanes) is 7. The van der Waals surface area contributed by atoms with Crippen LogP contribution < -0.4 is 15.1 Å². The molecule has 0 saturated heterocycles. The van der Waals surface area contributed by atoms with Crippen LogP contribution in [0.5, 0.6) is 17.2 Å². The van der Waals surface area contributed by atoms with Crippen molar-refractivity contribution in [1.82, 2.24) is 0 Å². The van der Waals surface area contributed by atoms with Crippen molar-refractivity contribution in [2.75, 3.05) is 13.2 Å². The lowest BCUT2D eigenvalue weighted by atomic mass is 10.1. The van der Waals surface area contributed by atoms with E-state index in [1.54, 1.807) is 18.2 Å². The predicted molar refractivity (Wildman–Crippen MR) is 140 cm³/mol. The highest BCUT2D eigenvalue weighted by atomic mass is 16.5. The lowest BCUT2D eigenvalue weighted by Crippen LogP contribution is -2.11. The molecule has 0 amide bonds. The van der Waals surface area contributed by atoms with Crippen molar-refractivity contribution in [2.45, 2.75) is 91.9 Å². The molecule has 2 rings (SSSR count). The van der Waals surface area contributed by atoms with Crippen LogP contribution >= 0.6 is 0 Å². The van der Waals surface area contributed by atoms with Gasteiger partial charge in [0.05, 0.1) is 6.61 Å². The molecule has 0 fully saturated rings. The Labute approximate surface area is 204 Å². The summed E-state index contributed by atoms with van der Waals surface area (Å²) in [7, 11) is 0. The molecule has 5 heteroatoms. The summed E-state index contributed by atoms with van der Waals surface area (Å²) in [6.07, 6.45) is 15.6. The second kappa shape index (κ2) is 15.3. The van der Waals surface area contributed by atoms with Crippen molar-refractivity contribution in [2.24, 2.45) is 0 Å². The maximum Gasteiger partial charge on any atom is 0.383 e. The number of aromatic hydroxyl groups is 1. The van der Waals surface area contributed by atoms with E-state index in [1.165, 1.54) is 49.7 Å². The molecule has 0 unspecified atom stereocenters. The number of allylic oxidation sites excluding steroid dienone is 3.